The van der Waals surface area contributed by atoms with Gasteiger partial charge < -0.3 is 14.5 Å². The van der Waals surface area contributed by atoms with Gasteiger partial charge in [-0.25, -0.2) is 0 Å². The van der Waals surface area contributed by atoms with Crippen LogP contribution in [-0.2, 0) is 16.0 Å². The van der Waals surface area contributed by atoms with Crippen LogP contribution in [0.25, 0.3) is 0 Å². The third-order valence-electron chi connectivity index (χ3n) is 4.70. The summed E-state index contributed by atoms with van der Waals surface area (Å²) in [5.74, 6) is 0.192. The number of ether oxygens (including phenoxy) is 1. The van der Waals surface area contributed by atoms with E-state index in [9.17, 15) is 9.59 Å². The Labute approximate surface area is 141 Å². The Bertz CT molecular complexity index is 585. The molecule has 0 aromatic carbocycles. The summed E-state index contributed by atoms with van der Waals surface area (Å²) in [6.45, 7) is 7.29. The number of piperazine rings is 1. The molecule has 2 amide bonds. The maximum atomic E-state index is 12.6. The standard InChI is InChI=1S/C17H24N2O3S/c1-3-13-11-15(23-12(13)2)17(21)19-8-6-18(7-9-19)16(20)14-5-4-10-22-14/h11,14H,3-10H2,1-2H3. The predicted octanol–water partition coefficient (Wildman–Crippen LogP) is 2.08. The van der Waals surface area contributed by atoms with Crippen molar-refractivity contribution in [2.45, 2.75) is 39.2 Å². The number of amides is 2. The van der Waals surface area contributed by atoms with Crippen LogP contribution in [0, 0.1) is 6.92 Å². The molecule has 5 nitrogen and oxygen atoms in total. The maximum absolute atomic E-state index is 12.6. The summed E-state index contributed by atoms with van der Waals surface area (Å²) in [6, 6.07) is 2.02. The number of carbonyl (C=O) groups is 2. The molecule has 0 aliphatic carbocycles. The van der Waals surface area contributed by atoms with E-state index in [4.69, 9.17) is 4.74 Å². The van der Waals surface area contributed by atoms with E-state index in [0.717, 1.165) is 24.1 Å². The fourth-order valence-corrected chi connectivity index (χ4v) is 4.32. The Balaban J connectivity index is 1.57. The highest BCUT2D eigenvalue weighted by atomic mass is 32.1. The van der Waals surface area contributed by atoms with Crippen molar-refractivity contribution >= 4 is 23.2 Å². The lowest BCUT2D eigenvalue weighted by Crippen LogP contribution is -2.52. The average Bonchev–Trinajstić information content (AvgIpc) is 3.23. The summed E-state index contributed by atoms with van der Waals surface area (Å²) in [7, 11) is 0. The van der Waals surface area contributed by atoms with Gasteiger partial charge in [-0.2, -0.15) is 0 Å². The number of carbonyl (C=O) groups excluding carboxylic acids is 2. The average molecular weight is 336 g/mol. The highest BCUT2D eigenvalue weighted by Crippen LogP contribution is 2.24. The molecule has 3 heterocycles. The van der Waals surface area contributed by atoms with E-state index in [2.05, 4.69) is 13.8 Å². The minimum Gasteiger partial charge on any atom is -0.368 e. The van der Waals surface area contributed by atoms with Gasteiger partial charge in [-0.1, -0.05) is 6.92 Å². The fraction of sp³-hybridized carbons (Fsp3) is 0.647. The molecule has 0 radical (unpaired) electrons. The van der Waals surface area contributed by atoms with E-state index in [0.29, 0.717) is 32.8 Å². The van der Waals surface area contributed by atoms with Crippen LogP contribution in [0.3, 0.4) is 0 Å². The second-order valence-corrected chi connectivity index (χ2v) is 7.42. The van der Waals surface area contributed by atoms with Crippen LogP contribution in [0.2, 0.25) is 0 Å². The largest absolute Gasteiger partial charge is 0.368 e. The SMILES string of the molecule is CCc1cc(C(=O)N2CCN(C(=O)C3CCCO3)CC2)sc1C. The third kappa shape index (κ3) is 3.43. The lowest BCUT2D eigenvalue weighted by Gasteiger charge is -2.35. The lowest BCUT2D eigenvalue weighted by molar-refractivity contribution is -0.142. The number of nitrogens with zero attached hydrogens (tertiary/aromatic N) is 2. The molecular weight excluding hydrogens is 312 g/mol. The molecule has 0 spiro atoms. The van der Waals surface area contributed by atoms with E-state index < -0.39 is 0 Å². The normalized spacial score (nSPS) is 21.7. The van der Waals surface area contributed by atoms with Gasteiger partial charge in [0.1, 0.15) is 6.10 Å². The van der Waals surface area contributed by atoms with Gasteiger partial charge in [-0.15, -0.1) is 11.3 Å². The highest BCUT2D eigenvalue weighted by Gasteiger charge is 2.31. The monoisotopic (exact) mass is 336 g/mol. The summed E-state index contributed by atoms with van der Waals surface area (Å²) in [6.07, 6.45) is 2.49. The van der Waals surface area contributed by atoms with Crippen LogP contribution in [0.15, 0.2) is 6.07 Å². The molecule has 2 saturated heterocycles. The molecule has 1 atom stereocenters. The number of hydrogen-bond acceptors (Lipinski definition) is 4. The van der Waals surface area contributed by atoms with Crippen molar-refractivity contribution in [2.75, 3.05) is 32.8 Å². The van der Waals surface area contributed by atoms with E-state index in [1.165, 1.54) is 10.4 Å². The molecule has 2 aliphatic rings. The quantitative estimate of drug-likeness (QED) is 0.849. The zero-order chi connectivity index (χ0) is 16.4. The van der Waals surface area contributed by atoms with Crippen molar-refractivity contribution in [2.24, 2.45) is 0 Å². The summed E-state index contributed by atoms with van der Waals surface area (Å²) in [5, 5.41) is 0. The molecule has 2 aliphatic heterocycles. The molecule has 1 unspecified atom stereocenters. The first-order valence-corrected chi connectivity index (χ1v) is 9.20. The molecule has 23 heavy (non-hydrogen) atoms. The van der Waals surface area contributed by atoms with Crippen LogP contribution in [0.1, 0.15) is 39.9 Å². The molecule has 0 N–H and O–H groups in total. The summed E-state index contributed by atoms with van der Waals surface area (Å²) >= 11 is 1.58. The Morgan fingerprint density at radius 1 is 1.26 bits per heavy atom. The zero-order valence-electron chi connectivity index (χ0n) is 13.8. The minimum atomic E-state index is -0.260. The van der Waals surface area contributed by atoms with Crippen molar-refractivity contribution in [3.63, 3.8) is 0 Å². The third-order valence-corrected chi connectivity index (χ3v) is 5.78. The van der Waals surface area contributed by atoms with Crippen LogP contribution < -0.4 is 0 Å². The molecule has 1 aromatic rings. The zero-order valence-corrected chi connectivity index (χ0v) is 14.7. The Hall–Kier alpha value is -1.40. The van der Waals surface area contributed by atoms with Gasteiger partial charge in [0.15, 0.2) is 0 Å². The van der Waals surface area contributed by atoms with Crippen molar-refractivity contribution in [1.29, 1.82) is 0 Å². The molecule has 0 saturated carbocycles. The number of hydrogen-bond donors (Lipinski definition) is 0. The van der Waals surface area contributed by atoms with Crippen LogP contribution >= 0.6 is 11.3 Å². The predicted molar refractivity (Wildman–Crippen MR) is 89.9 cm³/mol. The highest BCUT2D eigenvalue weighted by molar-refractivity contribution is 7.14. The molecule has 0 bridgehead atoms. The molecule has 3 rings (SSSR count). The lowest BCUT2D eigenvalue weighted by atomic mass is 10.2. The Kier molecular flexibility index (Phi) is 5.02. The van der Waals surface area contributed by atoms with Gasteiger partial charge in [0.2, 0.25) is 0 Å². The summed E-state index contributed by atoms with van der Waals surface area (Å²) < 4.78 is 5.47. The van der Waals surface area contributed by atoms with Crippen LogP contribution in [0.4, 0.5) is 0 Å². The van der Waals surface area contributed by atoms with Gasteiger partial charge in [-0.05, 0) is 37.8 Å². The molecular formula is C17H24N2O3S. The van der Waals surface area contributed by atoms with Crippen molar-refractivity contribution in [1.82, 2.24) is 9.80 Å². The van der Waals surface area contributed by atoms with Crippen LogP contribution in [0.5, 0.6) is 0 Å². The molecule has 1 aromatic heterocycles. The molecule has 6 heteroatoms. The van der Waals surface area contributed by atoms with Gasteiger partial charge in [-0.3, -0.25) is 9.59 Å². The van der Waals surface area contributed by atoms with E-state index >= 15 is 0 Å². The second kappa shape index (κ2) is 7.01. The van der Waals surface area contributed by atoms with Gasteiger partial charge in [0.25, 0.3) is 11.8 Å². The number of aryl methyl sites for hydroxylation is 2. The topological polar surface area (TPSA) is 49.9 Å². The Morgan fingerprint density at radius 2 is 1.96 bits per heavy atom. The number of thiophene rings is 1. The van der Waals surface area contributed by atoms with Crippen molar-refractivity contribution < 1.29 is 14.3 Å². The summed E-state index contributed by atoms with van der Waals surface area (Å²) in [5.41, 5.74) is 1.26. The number of rotatable bonds is 3. The minimum absolute atomic E-state index is 0.0924. The van der Waals surface area contributed by atoms with Crippen molar-refractivity contribution in [3.8, 4) is 0 Å². The van der Waals surface area contributed by atoms with Crippen molar-refractivity contribution in [3.05, 3.63) is 21.4 Å². The molecule has 2 fully saturated rings. The summed E-state index contributed by atoms with van der Waals surface area (Å²) in [4.78, 5) is 30.7. The van der Waals surface area contributed by atoms with E-state index in [1.807, 2.05) is 15.9 Å². The van der Waals surface area contributed by atoms with E-state index in [1.54, 1.807) is 11.3 Å². The fourth-order valence-electron chi connectivity index (χ4n) is 3.24. The smallest absolute Gasteiger partial charge is 0.264 e. The van der Waals surface area contributed by atoms with Crippen LogP contribution in [-0.4, -0.2) is 60.5 Å². The Morgan fingerprint density at radius 3 is 2.52 bits per heavy atom. The van der Waals surface area contributed by atoms with Gasteiger partial charge >= 0.3 is 0 Å². The first-order chi connectivity index (χ1) is 11.1. The van der Waals surface area contributed by atoms with Gasteiger partial charge in [0, 0.05) is 37.7 Å². The van der Waals surface area contributed by atoms with E-state index in [-0.39, 0.29) is 17.9 Å². The first-order valence-electron chi connectivity index (χ1n) is 8.39. The maximum Gasteiger partial charge on any atom is 0.264 e. The first kappa shape index (κ1) is 16.5. The second-order valence-electron chi connectivity index (χ2n) is 6.16. The molecule has 126 valence electrons. The van der Waals surface area contributed by atoms with Gasteiger partial charge in [0.05, 0.1) is 4.88 Å².